The van der Waals surface area contributed by atoms with Crippen molar-refractivity contribution in [2.75, 3.05) is 0 Å². The first kappa shape index (κ1) is 168. The Bertz CT molecular complexity index is 2450. The Morgan fingerprint density at radius 1 is 0.176 bits per heavy atom. The Morgan fingerprint density at radius 2 is 0.353 bits per heavy atom. The van der Waals surface area contributed by atoms with Crippen molar-refractivity contribution in [3.05, 3.63) is 159 Å². The Kier molecular flexibility index (Phi) is 157. The number of rotatable bonds is 16. The molecule has 8 aromatic heterocycles. The summed E-state index contributed by atoms with van der Waals surface area (Å²) >= 11 is 7.32. The number of furan rings is 2. The van der Waals surface area contributed by atoms with Crippen LogP contribution < -0.4 is 0 Å². The van der Waals surface area contributed by atoms with Gasteiger partial charge in [-0.3, -0.25) is 0 Å². The van der Waals surface area contributed by atoms with Gasteiger partial charge < -0.3 is 17.7 Å². The molecule has 0 aliphatic heterocycles. The third-order valence-corrected chi connectivity index (χ3v) is 19.0. The average molecular weight is 1990 g/mol. The first-order chi connectivity index (χ1) is 63.6. The van der Waals surface area contributed by atoms with E-state index in [0.29, 0.717) is 94.7 Å². The number of thiophene rings is 2. The van der Waals surface area contributed by atoms with Crippen LogP contribution in [0.3, 0.4) is 0 Å². The Labute approximate surface area is 876 Å². The molecule has 0 aromatic carbocycles. The van der Waals surface area contributed by atoms with Crippen molar-refractivity contribution >= 4 is 45.3 Å². The first-order valence-electron chi connectivity index (χ1n) is 55.7. The van der Waals surface area contributed by atoms with Crippen LogP contribution in [0.4, 0.5) is 0 Å². The van der Waals surface area contributed by atoms with E-state index in [-0.39, 0.29) is 0 Å². The van der Waals surface area contributed by atoms with Gasteiger partial charge in [0.05, 0.1) is 46.3 Å². The van der Waals surface area contributed by atoms with Crippen LogP contribution >= 0.6 is 45.3 Å². The third-order valence-electron chi connectivity index (χ3n) is 14.3. The van der Waals surface area contributed by atoms with Gasteiger partial charge in [-0.15, -0.1) is 45.3 Å². The minimum atomic E-state index is 0.440. The summed E-state index contributed by atoms with van der Waals surface area (Å²) in [5.74, 6) is 13.4. The van der Waals surface area contributed by atoms with E-state index in [2.05, 4.69) is 498 Å². The zero-order valence-electron chi connectivity index (χ0n) is 105. The summed E-state index contributed by atoms with van der Waals surface area (Å²) < 4.78 is 21.3. The SMILES string of the molecule is CC(C)c1ccoc1C(C)C.CC(C)c1ccoc1C(C)C.CC(C)c1ccsc1C(C)C.CC(C)c1ccsc1C(C)C.CC(C)c1ncoc1C(C)C.CC(C)c1ncoc1C(C)C.CC(C)c1ncsc1C(C)C.CC(C)c1ncsc1C(C)C.CCC.CCC.CCC.CCC.CCC.CCC.CCC.CCC.CCC.CCC.CCC.CCC.CCC.CCC.CCC.CCC. The summed E-state index contributed by atoms with van der Waals surface area (Å²) in [6.07, 6.45) is 26.6. The highest BCUT2D eigenvalue weighted by molar-refractivity contribution is 7.10. The molecule has 8 rings (SSSR count). The third kappa shape index (κ3) is 110. The predicted molar refractivity (Wildman–Crippen MR) is 644 cm³/mol. The van der Waals surface area contributed by atoms with E-state index in [4.69, 9.17) is 17.7 Å². The second-order valence-corrected chi connectivity index (χ2v) is 42.8. The van der Waals surface area contributed by atoms with Gasteiger partial charge >= 0.3 is 0 Å². The molecule has 8 aromatic rings. The lowest BCUT2D eigenvalue weighted by atomic mass is 9.99. The van der Waals surface area contributed by atoms with E-state index < -0.39 is 0 Å². The molecule has 12 heteroatoms. The Balaban J connectivity index is -0.0000000810. The molecule has 0 N–H and O–H groups in total. The van der Waals surface area contributed by atoms with Crippen molar-refractivity contribution in [2.24, 2.45) is 0 Å². The summed E-state index contributed by atoms with van der Waals surface area (Å²) in [5.41, 5.74) is 14.4. The summed E-state index contributed by atoms with van der Waals surface area (Å²) in [4.78, 5) is 23.1. The molecule has 0 spiro atoms. The van der Waals surface area contributed by atoms with Gasteiger partial charge in [-0.1, -0.05) is 546 Å². The topological polar surface area (TPSA) is 104 Å². The monoisotopic (exact) mass is 1990 g/mol. The Hall–Kier alpha value is -4.36. The zero-order valence-corrected chi connectivity index (χ0v) is 108. The molecule has 816 valence electrons. The lowest BCUT2D eigenvalue weighted by molar-refractivity contribution is 0.476. The molecule has 0 atom stereocenters. The Morgan fingerprint density at radius 3 is 0.471 bits per heavy atom. The molecule has 0 bridgehead atoms. The molecule has 0 radical (unpaired) electrons. The summed E-state index contributed by atoms with van der Waals surface area (Å²) in [6.45, 7) is 138. The maximum absolute atomic E-state index is 5.39. The second-order valence-electron chi connectivity index (χ2n) is 39.2. The van der Waals surface area contributed by atoms with Crippen molar-refractivity contribution in [3.8, 4) is 0 Å². The molecule has 0 fully saturated rings. The predicted octanol–water partition coefficient (Wildman–Crippen LogP) is 50.3. The van der Waals surface area contributed by atoms with Crippen LogP contribution in [-0.4, -0.2) is 19.9 Å². The first-order valence-corrected chi connectivity index (χ1v) is 59.2. The lowest BCUT2D eigenvalue weighted by Gasteiger charge is -2.08. The molecule has 0 aliphatic carbocycles. The van der Waals surface area contributed by atoms with Gasteiger partial charge in [0.15, 0.2) is 12.8 Å². The van der Waals surface area contributed by atoms with Gasteiger partial charge in [0.25, 0.3) is 0 Å². The second kappa shape index (κ2) is 127. The van der Waals surface area contributed by atoms with Gasteiger partial charge in [-0.05, 0) is 128 Å². The van der Waals surface area contributed by atoms with Crippen molar-refractivity contribution < 1.29 is 17.7 Å². The van der Waals surface area contributed by atoms with Gasteiger partial charge in [-0.25, -0.2) is 19.9 Å². The van der Waals surface area contributed by atoms with E-state index in [1.54, 1.807) is 45.0 Å². The van der Waals surface area contributed by atoms with Crippen LogP contribution in [0.2, 0.25) is 0 Å². The fourth-order valence-corrected chi connectivity index (χ4v) is 13.7. The van der Waals surface area contributed by atoms with Crippen LogP contribution in [0.5, 0.6) is 0 Å². The lowest BCUT2D eigenvalue weighted by Crippen LogP contribution is -1.95. The highest BCUT2D eigenvalue weighted by atomic mass is 32.1. The molecule has 136 heavy (non-hydrogen) atoms. The maximum Gasteiger partial charge on any atom is 0.181 e. The highest BCUT2D eigenvalue weighted by Gasteiger charge is 2.19. The fraction of sp³-hybridized carbons (Fsp3) is 0.774. The number of hydrogen-bond donors (Lipinski definition) is 0. The van der Waals surface area contributed by atoms with Crippen molar-refractivity contribution in [2.45, 2.75) is 641 Å². The van der Waals surface area contributed by atoms with Gasteiger partial charge in [0, 0.05) is 43.2 Å². The summed E-state index contributed by atoms with van der Waals surface area (Å²) in [7, 11) is 0. The van der Waals surface area contributed by atoms with Crippen LogP contribution in [-0.2, 0) is 0 Å². The van der Waals surface area contributed by atoms with E-state index in [1.807, 2.05) is 33.7 Å². The van der Waals surface area contributed by atoms with Crippen LogP contribution in [0.1, 0.15) is 728 Å². The molecule has 0 unspecified atom stereocenters. The number of aromatic nitrogens is 4. The number of nitrogens with zero attached hydrogens (tertiary/aromatic N) is 4. The molecule has 8 heterocycles. The van der Waals surface area contributed by atoms with E-state index >= 15 is 0 Å². The van der Waals surface area contributed by atoms with Gasteiger partial charge in [0.1, 0.15) is 23.0 Å². The number of hydrogen-bond acceptors (Lipinski definition) is 12. The van der Waals surface area contributed by atoms with Crippen LogP contribution in [0.25, 0.3) is 0 Å². The van der Waals surface area contributed by atoms with E-state index in [0.717, 1.165) is 34.4 Å². The summed E-state index contributed by atoms with van der Waals surface area (Å²) in [6, 6.07) is 8.65. The van der Waals surface area contributed by atoms with Gasteiger partial charge in [-0.2, -0.15) is 0 Å². The van der Waals surface area contributed by atoms with Gasteiger partial charge in [0.2, 0.25) is 0 Å². The normalized spacial score (nSPS) is 9.53. The molecular weight excluding hydrogens is 1740 g/mol. The molecule has 8 nitrogen and oxygen atoms in total. The van der Waals surface area contributed by atoms with Crippen LogP contribution in [0.15, 0.2) is 89.0 Å². The molecule has 0 aliphatic rings. The standard InChI is InChI=1S/2C10H16O.2C10H16S.2C9H15NO.2C9H15NS.16C3H8/c4*1-7(2)9-5-6-11-10(9)8(3)4;4*1-6(2)8-9(7(3)4)11-5-10-8;16*1-3-2/h4*5-8H,1-4H3;4*5-7H,1-4H3;16*3H2,1-2H3. The molecule has 0 amide bonds. The number of oxazole rings is 2. The zero-order chi connectivity index (χ0) is 111. The summed E-state index contributed by atoms with van der Waals surface area (Å²) in [5, 5.41) is 4.40. The van der Waals surface area contributed by atoms with Crippen molar-refractivity contribution in [1.82, 2.24) is 19.9 Å². The molecule has 0 saturated heterocycles. The minimum absolute atomic E-state index is 0.440. The van der Waals surface area contributed by atoms with E-state index in [1.165, 1.54) is 159 Å². The average Bonchev–Trinajstić information content (AvgIpc) is 1.79. The van der Waals surface area contributed by atoms with E-state index in [9.17, 15) is 0 Å². The quantitative estimate of drug-likeness (QED) is 0.0942. The largest absolute Gasteiger partial charge is 0.469 e. The molecular formula is C124H252N4O4S4. The maximum atomic E-state index is 5.39. The molecule has 0 saturated carbocycles. The van der Waals surface area contributed by atoms with Crippen molar-refractivity contribution in [1.29, 1.82) is 0 Å². The van der Waals surface area contributed by atoms with Crippen LogP contribution in [0, 0.1) is 0 Å². The smallest absolute Gasteiger partial charge is 0.181 e. The fourth-order valence-electron chi connectivity index (χ4n) is 9.63. The van der Waals surface area contributed by atoms with Crippen molar-refractivity contribution in [3.63, 3.8) is 0 Å². The number of thiazole rings is 2. The minimum Gasteiger partial charge on any atom is -0.469 e. The highest BCUT2D eigenvalue weighted by Crippen LogP contribution is 2.35.